The molecule has 0 saturated carbocycles. The van der Waals surface area contributed by atoms with Crippen molar-refractivity contribution in [3.8, 4) is 0 Å². The van der Waals surface area contributed by atoms with Gasteiger partial charge in [0.1, 0.15) is 0 Å². The highest BCUT2D eigenvalue weighted by molar-refractivity contribution is 6.00. The van der Waals surface area contributed by atoms with Crippen LogP contribution in [0.25, 0.3) is 21.9 Å². The van der Waals surface area contributed by atoms with Crippen molar-refractivity contribution in [2.75, 3.05) is 0 Å². The van der Waals surface area contributed by atoms with Gasteiger partial charge in [0.2, 0.25) is 0 Å². The molecule has 2 aromatic heterocycles. The van der Waals surface area contributed by atoms with E-state index in [0.717, 1.165) is 5.39 Å². The molecule has 2 heterocycles. The van der Waals surface area contributed by atoms with Gasteiger partial charge in [-0.15, -0.1) is 0 Å². The van der Waals surface area contributed by atoms with Gasteiger partial charge in [0.15, 0.2) is 11.2 Å². The first-order valence-electron chi connectivity index (χ1n) is 4.25. The molecule has 0 saturated heterocycles. The molecule has 0 unspecified atom stereocenters. The van der Waals surface area contributed by atoms with E-state index in [1.165, 1.54) is 6.26 Å². The molecule has 0 radical (unpaired) electrons. The highest BCUT2D eigenvalue weighted by Crippen LogP contribution is 2.22. The van der Waals surface area contributed by atoms with Gasteiger partial charge in [0.05, 0.1) is 11.6 Å². The molecular weight excluding hydrogens is 180 g/mol. The topological polar surface area (TPSA) is 43.4 Å². The minimum absolute atomic E-state index is 0.325. The third-order valence-electron chi connectivity index (χ3n) is 2.22. The van der Waals surface area contributed by atoms with Crippen LogP contribution in [-0.4, -0.2) is 0 Å². The van der Waals surface area contributed by atoms with E-state index in [-0.39, 0.29) is 5.63 Å². The predicted molar refractivity (Wildman–Crippen MR) is 52.3 cm³/mol. The van der Waals surface area contributed by atoms with Gasteiger partial charge in [-0.3, -0.25) is 0 Å². The Bertz CT molecular complexity index is 661. The smallest absolute Gasteiger partial charge is 0.344 e. The summed E-state index contributed by atoms with van der Waals surface area (Å²) >= 11 is 0. The number of hydrogen-bond donors (Lipinski definition) is 0. The van der Waals surface area contributed by atoms with Crippen molar-refractivity contribution >= 4 is 21.9 Å². The summed E-state index contributed by atoms with van der Waals surface area (Å²) in [7, 11) is 0. The molecule has 0 N–H and O–H groups in total. The normalized spacial score (nSPS) is 11.1. The largest absolute Gasteiger partial charge is 0.460 e. The zero-order chi connectivity index (χ0) is 9.54. The van der Waals surface area contributed by atoms with Crippen molar-refractivity contribution in [1.82, 2.24) is 0 Å². The molecule has 3 nitrogen and oxygen atoms in total. The van der Waals surface area contributed by atoms with Gasteiger partial charge in [-0.2, -0.15) is 0 Å². The molecule has 0 amide bonds. The maximum Gasteiger partial charge on any atom is 0.344 e. The van der Waals surface area contributed by atoms with E-state index in [1.54, 1.807) is 18.2 Å². The number of hydrogen-bond acceptors (Lipinski definition) is 3. The van der Waals surface area contributed by atoms with Gasteiger partial charge in [-0.05, 0) is 6.07 Å². The second kappa shape index (κ2) is 2.48. The Morgan fingerprint density at radius 3 is 2.64 bits per heavy atom. The number of furan rings is 1. The average Bonchev–Trinajstić information content (AvgIpc) is 2.66. The molecule has 0 atom stereocenters. The van der Waals surface area contributed by atoms with E-state index in [9.17, 15) is 4.79 Å². The molecule has 0 aliphatic carbocycles. The Labute approximate surface area is 78.6 Å². The number of rotatable bonds is 0. The summed E-state index contributed by atoms with van der Waals surface area (Å²) in [5.74, 6) is 0. The summed E-state index contributed by atoms with van der Waals surface area (Å²) in [6.07, 6.45) is 1.51. The Hall–Kier alpha value is -2.03. The minimum atomic E-state index is -0.325. The van der Waals surface area contributed by atoms with Gasteiger partial charge >= 0.3 is 5.63 Å². The van der Waals surface area contributed by atoms with Crippen LogP contribution in [0.5, 0.6) is 0 Å². The summed E-state index contributed by atoms with van der Waals surface area (Å²) in [4.78, 5) is 11.5. The fourth-order valence-corrected chi connectivity index (χ4v) is 1.59. The molecule has 3 rings (SSSR count). The number of benzene rings is 1. The lowest BCUT2D eigenvalue weighted by atomic mass is 10.2. The molecule has 0 fully saturated rings. The van der Waals surface area contributed by atoms with Gasteiger partial charge < -0.3 is 8.83 Å². The first kappa shape index (κ1) is 7.38. The fraction of sp³-hybridized carbons (Fsp3) is 0. The summed E-state index contributed by atoms with van der Waals surface area (Å²) in [6, 6.07) is 8.88. The second-order valence-electron chi connectivity index (χ2n) is 3.05. The predicted octanol–water partition coefficient (Wildman–Crippen LogP) is 2.54. The van der Waals surface area contributed by atoms with Gasteiger partial charge in [0.25, 0.3) is 0 Å². The first-order valence-corrected chi connectivity index (χ1v) is 4.25. The lowest BCUT2D eigenvalue weighted by Crippen LogP contribution is -1.97. The molecule has 68 valence electrons. The van der Waals surface area contributed by atoms with Crippen LogP contribution in [0.3, 0.4) is 0 Å². The zero-order valence-corrected chi connectivity index (χ0v) is 7.19. The Morgan fingerprint density at radius 1 is 1.00 bits per heavy atom. The Morgan fingerprint density at radius 2 is 1.79 bits per heavy atom. The van der Waals surface area contributed by atoms with Crippen LogP contribution in [0.4, 0.5) is 0 Å². The third-order valence-corrected chi connectivity index (χ3v) is 2.22. The average molecular weight is 186 g/mol. The summed E-state index contributed by atoms with van der Waals surface area (Å²) in [5, 5.41) is 1.35. The third kappa shape index (κ3) is 0.836. The lowest BCUT2D eigenvalue weighted by molar-refractivity contribution is 0.559. The molecule has 3 heteroatoms. The van der Waals surface area contributed by atoms with Crippen LogP contribution in [0, 0.1) is 0 Å². The van der Waals surface area contributed by atoms with E-state index in [1.807, 2.05) is 12.1 Å². The van der Waals surface area contributed by atoms with Crippen LogP contribution in [0.15, 0.2) is 50.2 Å². The Kier molecular flexibility index (Phi) is 1.31. The maximum absolute atomic E-state index is 11.5. The minimum Gasteiger partial charge on any atom is -0.460 e. The van der Waals surface area contributed by atoms with Crippen molar-refractivity contribution in [3.63, 3.8) is 0 Å². The van der Waals surface area contributed by atoms with E-state index >= 15 is 0 Å². The van der Waals surface area contributed by atoms with Gasteiger partial charge in [0, 0.05) is 11.5 Å². The van der Waals surface area contributed by atoms with Crippen molar-refractivity contribution < 1.29 is 8.83 Å². The SMILES string of the molecule is O=c1oc2ccoc2c2ccccc12. The zero-order valence-electron chi connectivity index (χ0n) is 7.19. The van der Waals surface area contributed by atoms with Crippen molar-refractivity contribution in [2.24, 2.45) is 0 Å². The van der Waals surface area contributed by atoms with Crippen LogP contribution in [-0.2, 0) is 0 Å². The highest BCUT2D eigenvalue weighted by Gasteiger charge is 2.07. The van der Waals surface area contributed by atoms with E-state index in [4.69, 9.17) is 8.83 Å². The molecule has 3 aromatic rings. The molecule has 0 aliphatic heterocycles. The second-order valence-corrected chi connectivity index (χ2v) is 3.05. The molecule has 1 aromatic carbocycles. The van der Waals surface area contributed by atoms with E-state index in [0.29, 0.717) is 16.6 Å². The molecule has 0 aliphatic rings. The van der Waals surface area contributed by atoms with Crippen molar-refractivity contribution in [3.05, 3.63) is 47.0 Å². The summed E-state index contributed by atoms with van der Waals surface area (Å²) in [5.41, 5.74) is 0.795. The number of fused-ring (bicyclic) bond motifs is 3. The van der Waals surface area contributed by atoms with Crippen LogP contribution >= 0.6 is 0 Å². The van der Waals surface area contributed by atoms with Gasteiger partial charge in [-0.1, -0.05) is 18.2 Å². The maximum atomic E-state index is 11.5. The first-order chi connectivity index (χ1) is 6.86. The summed E-state index contributed by atoms with van der Waals surface area (Å²) in [6.45, 7) is 0. The van der Waals surface area contributed by atoms with E-state index < -0.39 is 0 Å². The van der Waals surface area contributed by atoms with Crippen LogP contribution in [0.2, 0.25) is 0 Å². The monoisotopic (exact) mass is 186 g/mol. The van der Waals surface area contributed by atoms with E-state index in [2.05, 4.69) is 0 Å². The molecule has 0 spiro atoms. The molecule has 0 bridgehead atoms. The van der Waals surface area contributed by atoms with Crippen molar-refractivity contribution in [1.29, 1.82) is 0 Å². The van der Waals surface area contributed by atoms with Crippen LogP contribution < -0.4 is 5.63 Å². The standard InChI is InChI=1S/C11H6O3/c12-11-8-4-2-1-3-7(8)10-9(14-11)5-6-13-10/h1-6H. The van der Waals surface area contributed by atoms with Crippen LogP contribution in [0.1, 0.15) is 0 Å². The highest BCUT2D eigenvalue weighted by atomic mass is 16.4. The lowest BCUT2D eigenvalue weighted by Gasteiger charge is -1.95. The Balaban J connectivity index is 2.74. The van der Waals surface area contributed by atoms with Gasteiger partial charge in [-0.25, -0.2) is 4.79 Å². The summed E-state index contributed by atoms with van der Waals surface area (Å²) < 4.78 is 10.3. The molecular formula is C11H6O3. The van der Waals surface area contributed by atoms with Crippen molar-refractivity contribution in [2.45, 2.75) is 0 Å². The fourth-order valence-electron chi connectivity index (χ4n) is 1.59. The quantitative estimate of drug-likeness (QED) is 0.541. The molecule has 14 heavy (non-hydrogen) atoms.